The lowest BCUT2D eigenvalue weighted by Crippen LogP contribution is -2.46. The molecule has 1 amide bonds. The van der Waals surface area contributed by atoms with E-state index in [1.54, 1.807) is 0 Å². The summed E-state index contributed by atoms with van der Waals surface area (Å²) in [5.41, 5.74) is 2.71. The molecule has 1 aliphatic rings. The van der Waals surface area contributed by atoms with E-state index in [0.717, 1.165) is 37.2 Å². The Kier molecular flexibility index (Phi) is 4.82. The number of hydrogen-bond donors (Lipinski definition) is 2. The van der Waals surface area contributed by atoms with Gasteiger partial charge in [-0.05, 0) is 44.4 Å². The highest BCUT2D eigenvalue weighted by Crippen LogP contribution is 2.18. The van der Waals surface area contributed by atoms with E-state index in [2.05, 4.69) is 29.0 Å². The van der Waals surface area contributed by atoms with Crippen molar-refractivity contribution in [1.29, 1.82) is 0 Å². The van der Waals surface area contributed by atoms with Crippen LogP contribution in [0.4, 0.5) is 0 Å². The van der Waals surface area contributed by atoms with Crippen LogP contribution in [-0.2, 0) is 0 Å². The Morgan fingerprint density at radius 2 is 1.83 bits per heavy atom. The summed E-state index contributed by atoms with van der Waals surface area (Å²) in [4.78, 5) is 18.1. The van der Waals surface area contributed by atoms with Crippen molar-refractivity contribution >= 4 is 5.91 Å². The molecular weight excluding hydrogens is 286 g/mol. The third-order valence-electron chi connectivity index (χ3n) is 4.61. The van der Waals surface area contributed by atoms with Gasteiger partial charge in [0, 0.05) is 30.9 Å². The van der Waals surface area contributed by atoms with E-state index < -0.39 is 0 Å². The number of likely N-dealkylation sites (tertiary alicyclic amines) is 1. The number of amides is 1. The van der Waals surface area contributed by atoms with Crippen molar-refractivity contribution in [3.8, 4) is 11.3 Å². The van der Waals surface area contributed by atoms with E-state index >= 15 is 0 Å². The van der Waals surface area contributed by atoms with Crippen LogP contribution in [-0.4, -0.2) is 41.0 Å². The first kappa shape index (κ1) is 15.8. The molecule has 1 aliphatic heterocycles. The number of aromatic nitrogens is 1. The second-order valence-electron chi connectivity index (χ2n) is 6.53. The minimum atomic E-state index is -0.00446. The smallest absolute Gasteiger partial charge is 0.267 e. The van der Waals surface area contributed by atoms with Gasteiger partial charge in [0.25, 0.3) is 5.91 Å². The largest absolute Gasteiger partial charge is 0.351 e. The summed E-state index contributed by atoms with van der Waals surface area (Å²) in [5, 5.41) is 3.16. The average Bonchev–Trinajstić information content (AvgIpc) is 3.06. The van der Waals surface area contributed by atoms with Crippen LogP contribution in [0.15, 0.2) is 42.5 Å². The molecule has 0 aliphatic carbocycles. The number of nitrogens with one attached hydrogen (secondary N) is 2. The van der Waals surface area contributed by atoms with E-state index in [-0.39, 0.29) is 11.9 Å². The van der Waals surface area contributed by atoms with E-state index in [1.165, 1.54) is 0 Å². The Hall–Kier alpha value is -2.07. The van der Waals surface area contributed by atoms with Gasteiger partial charge in [0.05, 0.1) is 0 Å². The Morgan fingerprint density at radius 1 is 1.13 bits per heavy atom. The van der Waals surface area contributed by atoms with Crippen molar-refractivity contribution in [2.45, 2.75) is 38.8 Å². The SMILES string of the molecule is CC(C)N1CCC(NC(=O)c2ccc(-c3ccccc3)[nH]2)CC1. The number of hydrogen-bond acceptors (Lipinski definition) is 2. The predicted molar refractivity (Wildman–Crippen MR) is 93.4 cm³/mol. The Bertz CT molecular complexity index is 640. The van der Waals surface area contributed by atoms with E-state index in [9.17, 15) is 4.79 Å². The highest BCUT2D eigenvalue weighted by molar-refractivity contribution is 5.93. The van der Waals surface area contributed by atoms with Crippen LogP contribution in [0.25, 0.3) is 11.3 Å². The van der Waals surface area contributed by atoms with Gasteiger partial charge >= 0.3 is 0 Å². The first-order chi connectivity index (χ1) is 11.1. The number of piperidine rings is 1. The molecular formula is C19H25N3O. The number of carbonyl (C=O) groups is 1. The Balaban J connectivity index is 1.58. The zero-order valence-corrected chi connectivity index (χ0v) is 13.9. The molecule has 3 rings (SSSR count). The van der Waals surface area contributed by atoms with Gasteiger partial charge < -0.3 is 15.2 Å². The average molecular weight is 311 g/mol. The van der Waals surface area contributed by atoms with E-state index in [1.807, 2.05) is 42.5 Å². The normalized spacial score (nSPS) is 16.7. The standard InChI is InChI=1S/C19H25N3O/c1-14(2)22-12-10-16(11-13-22)20-19(23)18-9-8-17(21-18)15-6-4-3-5-7-15/h3-9,14,16,21H,10-13H2,1-2H3,(H,20,23). The summed E-state index contributed by atoms with van der Waals surface area (Å²) in [6.07, 6.45) is 2.05. The second-order valence-corrected chi connectivity index (χ2v) is 6.53. The van der Waals surface area contributed by atoms with Gasteiger partial charge in [0.15, 0.2) is 0 Å². The highest BCUT2D eigenvalue weighted by Gasteiger charge is 2.22. The van der Waals surface area contributed by atoms with Crippen LogP contribution in [0.2, 0.25) is 0 Å². The second kappa shape index (κ2) is 7.01. The zero-order valence-electron chi connectivity index (χ0n) is 13.9. The minimum Gasteiger partial charge on any atom is -0.351 e. The molecule has 0 radical (unpaired) electrons. The van der Waals surface area contributed by atoms with Gasteiger partial charge in [-0.3, -0.25) is 4.79 Å². The summed E-state index contributed by atoms with van der Waals surface area (Å²) in [6.45, 7) is 6.57. The number of aromatic amines is 1. The monoisotopic (exact) mass is 311 g/mol. The van der Waals surface area contributed by atoms with Crippen molar-refractivity contribution < 1.29 is 4.79 Å². The number of benzene rings is 1. The van der Waals surface area contributed by atoms with Crippen molar-refractivity contribution in [3.63, 3.8) is 0 Å². The fourth-order valence-corrected chi connectivity index (χ4v) is 3.14. The number of nitrogens with zero attached hydrogens (tertiary/aromatic N) is 1. The van der Waals surface area contributed by atoms with Gasteiger partial charge in [-0.1, -0.05) is 30.3 Å². The van der Waals surface area contributed by atoms with Gasteiger partial charge in [0.2, 0.25) is 0 Å². The first-order valence-electron chi connectivity index (χ1n) is 8.43. The quantitative estimate of drug-likeness (QED) is 0.910. The minimum absolute atomic E-state index is 0.00446. The van der Waals surface area contributed by atoms with Crippen LogP contribution in [0.3, 0.4) is 0 Å². The molecule has 0 saturated carbocycles. The lowest BCUT2D eigenvalue weighted by molar-refractivity contribution is 0.0896. The molecule has 2 heterocycles. The molecule has 1 fully saturated rings. The Labute approximate surface area is 137 Å². The molecule has 23 heavy (non-hydrogen) atoms. The molecule has 2 N–H and O–H groups in total. The third kappa shape index (κ3) is 3.82. The summed E-state index contributed by atoms with van der Waals surface area (Å²) in [6, 6.07) is 14.8. The van der Waals surface area contributed by atoms with Crippen LogP contribution in [0, 0.1) is 0 Å². The van der Waals surface area contributed by atoms with Gasteiger partial charge in [-0.15, -0.1) is 0 Å². The maximum atomic E-state index is 12.4. The van der Waals surface area contributed by atoms with Crippen LogP contribution >= 0.6 is 0 Å². The van der Waals surface area contributed by atoms with Crippen LogP contribution in [0.5, 0.6) is 0 Å². The van der Waals surface area contributed by atoms with Gasteiger partial charge in [0.1, 0.15) is 5.69 Å². The summed E-state index contributed by atoms with van der Waals surface area (Å²) in [7, 11) is 0. The molecule has 4 heteroatoms. The van der Waals surface area contributed by atoms with Crippen molar-refractivity contribution in [2.24, 2.45) is 0 Å². The molecule has 1 aromatic carbocycles. The maximum absolute atomic E-state index is 12.4. The van der Waals surface area contributed by atoms with Crippen LogP contribution < -0.4 is 5.32 Å². The third-order valence-corrected chi connectivity index (χ3v) is 4.61. The molecule has 1 aromatic heterocycles. The fraction of sp³-hybridized carbons (Fsp3) is 0.421. The summed E-state index contributed by atoms with van der Waals surface area (Å²) in [5.74, 6) is -0.00446. The lowest BCUT2D eigenvalue weighted by atomic mass is 10.0. The molecule has 1 saturated heterocycles. The molecule has 0 bridgehead atoms. The molecule has 2 aromatic rings. The summed E-state index contributed by atoms with van der Waals surface area (Å²) < 4.78 is 0. The van der Waals surface area contributed by atoms with Crippen LogP contribution in [0.1, 0.15) is 37.2 Å². The predicted octanol–water partition coefficient (Wildman–Crippen LogP) is 3.28. The number of rotatable bonds is 4. The van der Waals surface area contributed by atoms with Gasteiger partial charge in [-0.25, -0.2) is 0 Å². The van der Waals surface area contributed by atoms with E-state index in [4.69, 9.17) is 0 Å². The Morgan fingerprint density at radius 3 is 2.48 bits per heavy atom. The summed E-state index contributed by atoms with van der Waals surface area (Å²) >= 11 is 0. The fourth-order valence-electron chi connectivity index (χ4n) is 3.14. The topological polar surface area (TPSA) is 48.1 Å². The zero-order chi connectivity index (χ0) is 16.2. The number of carbonyl (C=O) groups excluding carboxylic acids is 1. The molecule has 0 unspecified atom stereocenters. The van der Waals surface area contributed by atoms with Gasteiger partial charge in [-0.2, -0.15) is 0 Å². The maximum Gasteiger partial charge on any atom is 0.267 e. The van der Waals surface area contributed by atoms with Crippen molar-refractivity contribution in [1.82, 2.24) is 15.2 Å². The molecule has 4 nitrogen and oxygen atoms in total. The first-order valence-corrected chi connectivity index (χ1v) is 8.43. The van der Waals surface area contributed by atoms with Crippen molar-refractivity contribution in [2.75, 3.05) is 13.1 Å². The molecule has 122 valence electrons. The van der Waals surface area contributed by atoms with Crippen molar-refractivity contribution in [3.05, 3.63) is 48.2 Å². The lowest BCUT2D eigenvalue weighted by Gasteiger charge is -2.34. The molecule has 0 spiro atoms. The van der Waals surface area contributed by atoms with E-state index in [0.29, 0.717) is 11.7 Å². The highest BCUT2D eigenvalue weighted by atomic mass is 16.1. The number of H-pyrrole nitrogens is 1. The molecule has 0 atom stereocenters.